The zero-order valence-corrected chi connectivity index (χ0v) is 10.8. The number of ketones is 1. The van der Waals surface area contributed by atoms with E-state index in [1.54, 1.807) is 24.3 Å². The molecule has 0 aliphatic rings. The molecule has 0 aromatic heterocycles. The number of Topliss-reactive ketones (excluding diaryl/α,β-unsaturated/α-hetero) is 1. The predicted molar refractivity (Wildman–Crippen MR) is 70.8 cm³/mol. The maximum absolute atomic E-state index is 13.0. The molecule has 0 saturated carbocycles. The first-order valence-electron chi connectivity index (χ1n) is 5.28. The molecule has 0 amide bonds. The second kappa shape index (κ2) is 5.51. The van der Waals surface area contributed by atoms with E-state index in [0.29, 0.717) is 11.1 Å². The van der Waals surface area contributed by atoms with E-state index in [-0.39, 0.29) is 10.8 Å². The number of halogens is 3. The van der Waals surface area contributed by atoms with Gasteiger partial charge in [0, 0.05) is 5.56 Å². The normalized spacial score (nSPS) is 12.2. The maximum Gasteiger partial charge on any atom is 0.185 e. The largest absolute Gasteiger partial charge is 0.292 e. The fraction of sp³-hybridized carbons (Fsp3) is 0.0714. The highest BCUT2D eigenvalue weighted by molar-refractivity contribution is 6.35. The molecule has 0 aliphatic carbocycles. The van der Waals surface area contributed by atoms with Crippen molar-refractivity contribution in [2.75, 3.05) is 0 Å². The lowest BCUT2D eigenvalue weighted by atomic mass is 10.0. The van der Waals surface area contributed by atoms with Crippen molar-refractivity contribution in [1.82, 2.24) is 0 Å². The van der Waals surface area contributed by atoms with Gasteiger partial charge in [-0.1, -0.05) is 41.9 Å². The highest BCUT2D eigenvalue weighted by Crippen LogP contribution is 2.26. The Labute approximate surface area is 114 Å². The summed E-state index contributed by atoms with van der Waals surface area (Å²) in [6, 6.07) is 12.8. The van der Waals surface area contributed by atoms with Crippen LogP contribution in [0.15, 0.2) is 48.5 Å². The Balaban J connectivity index is 2.29. The molecule has 92 valence electrons. The van der Waals surface area contributed by atoms with Crippen molar-refractivity contribution in [3.05, 3.63) is 70.5 Å². The second-order valence-corrected chi connectivity index (χ2v) is 4.61. The Morgan fingerprint density at radius 3 is 2.39 bits per heavy atom. The van der Waals surface area contributed by atoms with Crippen LogP contribution < -0.4 is 0 Å². The lowest BCUT2D eigenvalue weighted by Gasteiger charge is -2.09. The van der Waals surface area contributed by atoms with Gasteiger partial charge in [0.25, 0.3) is 0 Å². The molecule has 0 saturated heterocycles. The topological polar surface area (TPSA) is 17.1 Å². The second-order valence-electron chi connectivity index (χ2n) is 3.77. The van der Waals surface area contributed by atoms with E-state index in [9.17, 15) is 9.18 Å². The van der Waals surface area contributed by atoms with Crippen LogP contribution in [0.5, 0.6) is 0 Å². The minimum absolute atomic E-state index is 0.0854. The van der Waals surface area contributed by atoms with Gasteiger partial charge in [0.2, 0.25) is 0 Å². The van der Waals surface area contributed by atoms with Crippen LogP contribution in [-0.4, -0.2) is 5.78 Å². The van der Waals surface area contributed by atoms with Gasteiger partial charge in [-0.15, -0.1) is 11.6 Å². The van der Waals surface area contributed by atoms with Gasteiger partial charge in [0.1, 0.15) is 11.2 Å². The monoisotopic (exact) mass is 282 g/mol. The van der Waals surface area contributed by atoms with Gasteiger partial charge >= 0.3 is 0 Å². The minimum Gasteiger partial charge on any atom is -0.292 e. The smallest absolute Gasteiger partial charge is 0.185 e. The average Bonchev–Trinajstić information content (AvgIpc) is 2.41. The first kappa shape index (κ1) is 13.1. The van der Waals surface area contributed by atoms with Crippen molar-refractivity contribution >= 4 is 29.0 Å². The first-order valence-corrected chi connectivity index (χ1v) is 6.09. The van der Waals surface area contributed by atoms with E-state index in [1.807, 2.05) is 6.07 Å². The van der Waals surface area contributed by atoms with Crippen LogP contribution in [0.25, 0.3) is 0 Å². The number of carbonyl (C=O) groups excluding carboxylic acids is 1. The third kappa shape index (κ3) is 2.71. The van der Waals surface area contributed by atoms with E-state index in [0.717, 1.165) is 6.07 Å². The lowest BCUT2D eigenvalue weighted by Crippen LogP contribution is -2.07. The highest BCUT2D eigenvalue weighted by Gasteiger charge is 2.19. The van der Waals surface area contributed by atoms with Gasteiger partial charge in [0.15, 0.2) is 5.78 Å². The number of rotatable bonds is 3. The third-order valence-corrected chi connectivity index (χ3v) is 3.27. The van der Waals surface area contributed by atoms with Crippen LogP contribution in [-0.2, 0) is 0 Å². The predicted octanol–water partition coefficient (Wildman–Crippen LogP) is 4.64. The van der Waals surface area contributed by atoms with Gasteiger partial charge < -0.3 is 0 Å². The molecule has 0 heterocycles. The van der Waals surface area contributed by atoms with Gasteiger partial charge in [-0.3, -0.25) is 4.79 Å². The van der Waals surface area contributed by atoms with Gasteiger partial charge in [-0.2, -0.15) is 0 Å². The van der Waals surface area contributed by atoms with Crippen molar-refractivity contribution in [2.45, 2.75) is 5.38 Å². The number of carbonyl (C=O) groups is 1. The van der Waals surface area contributed by atoms with E-state index in [2.05, 4.69) is 0 Å². The number of hydrogen-bond acceptors (Lipinski definition) is 1. The van der Waals surface area contributed by atoms with Crippen molar-refractivity contribution < 1.29 is 9.18 Å². The van der Waals surface area contributed by atoms with Crippen molar-refractivity contribution in [1.29, 1.82) is 0 Å². The number of hydrogen-bond donors (Lipinski definition) is 0. The molecule has 4 heteroatoms. The molecule has 2 aromatic carbocycles. The standard InChI is InChI=1S/C14H9Cl2FO/c15-11-8-10(6-7-12(11)17)14(18)13(16)9-4-2-1-3-5-9/h1-8,13H. The van der Waals surface area contributed by atoms with E-state index in [1.165, 1.54) is 12.1 Å². The summed E-state index contributed by atoms with van der Waals surface area (Å²) in [5.74, 6) is -0.858. The molecule has 18 heavy (non-hydrogen) atoms. The minimum atomic E-state index is -0.798. The molecule has 2 rings (SSSR count). The molecule has 0 bridgehead atoms. The molecule has 0 aliphatic heterocycles. The molecular weight excluding hydrogens is 274 g/mol. The Kier molecular flexibility index (Phi) is 4.00. The summed E-state index contributed by atoms with van der Waals surface area (Å²) in [5, 5.41) is -0.884. The van der Waals surface area contributed by atoms with E-state index < -0.39 is 11.2 Å². The molecule has 0 radical (unpaired) electrons. The number of benzene rings is 2. The summed E-state index contributed by atoms with van der Waals surface area (Å²) < 4.78 is 13.0. The van der Waals surface area contributed by atoms with Crippen molar-refractivity contribution in [3.63, 3.8) is 0 Å². The third-order valence-electron chi connectivity index (χ3n) is 2.53. The Hall–Kier alpha value is -1.38. The van der Waals surface area contributed by atoms with E-state index >= 15 is 0 Å². The molecule has 1 nitrogen and oxygen atoms in total. The van der Waals surface area contributed by atoms with Crippen LogP contribution in [0.1, 0.15) is 21.3 Å². The summed E-state index contributed by atoms with van der Waals surface area (Å²) in [6.07, 6.45) is 0. The van der Waals surface area contributed by atoms with E-state index in [4.69, 9.17) is 23.2 Å². The van der Waals surface area contributed by atoms with Crippen LogP contribution in [0, 0.1) is 5.82 Å². The average molecular weight is 283 g/mol. The van der Waals surface area contributed by atoms with Crippen LogP contribution in [0.3, 0.4) is 0 Å². The summed E-state index contributed by atoms with van der Waals surface area (Å²) in [6.45, 7) is 0. The molecule has 2 aromatic rings. The van der Waals surface area contributed by atoms with Gasteiger partial charge in [-0.05, 0) is 23.8 Å². The Morgan fingerprint density at radius 2 is 1.78 bits per heavy atom. The molecular formula is C14H9Cl2FO. The summed E-state index contributed by atoms with van der Waals surface area (Å²) in [5.41, 5.74) is 0.995. The zero-order valence-electron chi connectivity index (χ0n) is 9.24. The van der Waals surface area contributed by atoms with Gasteiger partial charge in [-0.25, -0.2) is 4.39 Å². The molecule has 0 fully saturated rings. The van der Waals surface area contributed by atoms with Crippen molar-refractivity contribution in [2.24, 2.45) is 0 Å². The zero-order chi connectivity index (χ0) is 13.1. The Bertz CT molecular complexity index is 569. The Morgan fingerprint density at radius 1 is 1.11 bits per heavy atom. The number of alkyl halides is 1. The summed E-state index contributed by atoms with van der Waals surface area (Å²) >= 11 is 11.7. The molecule has 1 atom stereocenters. The van der Waals surface area contributed by atoms with Crippen LogP contribution in [0.4, 0.5) is 4.39 Å². The molecule has 0 spiro atoms. The lowest BCUT2D eigenvalue weighted by molar-refractivity contribution is 0.0987. The fourth-order valence-electron chi connectivity index (χ4n) is 1.57. The van der Waals surface area contributed by atoms with Crippen molar-refractivity contribution in [3.8, 4) is 0 Å². The highest BCUT2D eigenvalue weighted by atomic mass is 35.5. The fourth-order valence-corrected chi connectivity index (χ4v) is 2.02. The van der Waals surface area contributed by atoms with Crippen LogP contribution >= 0.6 is 23.2 Å². The summed E-state index contributed by atoms with van der Waals surface area (Å²) in [7, 11) is 0. The quantitative estimate of drug-likeness (QED) is 0.592. The maximum atomic E-state index is 13.0. The molecule has 0 N–H and O–H groups in total. The van der Waals surface area contributed by atoms with Gasteiger partial charge in [0.05, 0.1) is 5.02 Å². The first-order chi connectivity index (χ1) is 8.59. The van der Waals surface area contributed by atoms with Crippen LogP contribution in [0.2, 0.25) is 5.02 Å². The molecule has 1 unspecified atom stereocenters. The SMILES string of the molecule is O=C(c1ccc(F)c(Cl)c1)C(Cl)c1ccccc1. The summed E-state index contributed by atoms with van der Waals surface area (Å²) in [4.78, 5) is 12.1.